The first kappa shape index (κ1) is 21.0. The predicted molar refractivity (Wildman–Crippen MR) is 133 cm³/mol. The molecule has 0 aliphatic carbocycles. The van der Waals surface area contributed by atoms with E-state index in [1.807, 2.05) is 48.2 Å². The van der Waals surface area contributed by atoms with E-state index in [2.05, 4.69) is 24.3 Å². The molecule has 162 valence electrons. The van der Waals surface area contributed by atoms with E-state index >= 15 is 0 Å². The van der Waals surface area contributed by atoms with Crippen molar-refractivity contribution in [2.45, 2.75) is 37.2 Å². The van der Waals surface area contributed by atoms with E-state index in [9.17, 15) is 9.59 Å². The van der Waals surface area contributed by atoms with Gasteiger partial charge in [-0.1, -0.05) is 54.2 Å². The van der Waals surface area contributed by atoms with Gasteiger partial charge in [0.05, 0.1) is 5.52 Å². The van der Waals surface area contributed by atoms with E-state index in [0.29, 0.717) is 23.4 Å². The van der Waals surface area contributed by atoms with Crippen molar-refractivity contribution in [1.29, 1.82) is 0 Å². The highest BCUT2D eigenvalue weighted by molar-refractivity contribution is 7.98. The van der Waals surface area contributed by atoms with E-state index in [4.69, 9.17) is 4.98 Å². The molecule has 0 radical (unpaired) electrons. The first-order chi connectivity index (χ1) is 15.6. The molecule has 1 saturated heterocycles. The van der Waals surface area contributed by atoms with Gasteiger partial charge >= 0.3 is 0 Å². The molecule has 32 heavy (non-hydrogen) atoms. The topological polar surface area (TPSA) is 55.2 Å². The zero-order chi connectivity index (χ0) is 22.1. The van der Waals surface area contributed by atoms with Gasteiger partial charge < -0.3 is 4.90 Å². The summed E-state index contributed by atoms with van der Waals surface area (Å²) in [5, 5.41) is 0.737. The van der Waals surface area contributed by atoms with Crippen molar-refractivity contribution < 1.29 is 4.79 Å². The Labute approximate surface area is 194 Å². The Morgan fingerprint density at radius 1 is 1.06 bits per heavy atom. The largest absolute Gasteiger partial charge is 0.312 e. The third-order valence-electron chi connectivity index (χ3n) is 5.66. The van der Waals surface area contributed by atoms with Crippen LogP contribution in [0.3, 0.4) is 0 Å². The Balaban J connectivity index is 1.40. The van der Waals surface area contributed by atoms with Crippen molar-refractivity contribution in [2.75, 3.05) is 11.4 Å². The molecule has 1 aliphatic heterocycles. The van der Waals surface area contributed by atoms with Crippen LogP contribution < -0.4 is 10.5 Å². The van der Waals surface area contributed by atoms with Crippen molar-refractivity contribution in [3.05, 3.63) is 76.6 Å². The lowest BCUT2D eigenvalue weighted by Crippen LogP contribution is -2.23. The first-order valence-corrected chi connectivity index (χ1v) is 12.6. The number of hydrogen-bond donors (Lipinski definition) is 0. The molecule has 7 heteroatoms. The normalized spacial score (nSPS) is 13.9. The molecule has 2 aromatic carbocycles. The first-order valence-electron chi connectivity index (χ1n) is 10.8. The minimum Gasteiger partial charge on any atom is -0.312 e. The SMILES string of the molecule is CCn1c(SCc2ccc(N3CCCC3=O)cc2)nc2cc(-c3ccccc3)sc2c1=O. The third-order valence-corrected chi connectivity index (χ3v) is 7.87. The van der Waals surface area contributed by atoms with Gasteiger partial charge in [-0.05, 0) is 42.7 Å². The maximum atomic E-state index is 13.1. The van der Waals surface area contributed by atoms with E-state index in [0.717, 1.165) is 45.3 Å². The quantitative estimate of drug-likeness (QED) is 0.278. The number of carbonyl (C=O) groups excluding carboxylic acids is 1. The van der Waals surface area contributed by atoms with Gasteiger partial charge in [0, 0.05) is 35.8 Å². The van der Waals surface area contributed by atoms with Crippen LogP contribution in [0.1, 0.15) is 25.3 Å². The van der Waals surface area contributed by atoms with E-state index in [1.54, 1.807) is 16.3 Å². The second-order valence-electron chi connectivity index (χ2n) is 7.74. The van der Waals surface area contributed by atoms with Crippen molar-refractivity contribution in [3.63, 3.8) is 0 Å². The molecule has 2 aromatic heterocycles. The number of fused-ring (bicyclic) bond motifs is 1. The number of benzene rings is 2. The number of anilines is 1. The summed E-state index contributed by atoms with van der Waals surface area (Å²) in [5.41, 5.74) is 3.98. The fourth-order valence-corrected chi connectivity index (χ4v) is 6.04. The summed E-state index contributed by atoms with van der Waals surface area (Å²) in [6.45, 7) is 3.36. The summed E-state index contributed by atoms with van der Waals surface area (Å²) in [4.78, 5) is 32.8. The molecule has 0 bridgehead atoms. The number of nitrogens with zero attached hydrogens (tertiary/aromatic N) is 3. The lowest BCUT2D eigenvalue weighted by atomic mass is 10.2. The lowest BCUT2D eigenvalue weighted by molar-refractivity contribution is -0.117. The zero-order valence-electron chi connectivity index (χ0n) is 17.8. The number of amides is 1. The van der Waals surface area contributed by atoms with Gasteiger partial charge in [0.25, 0.3) is 5.56 Å². The molecule has 0 unspecified atom stereocenters. The van der Waals surface area contributed by atoms with Crippen LogP contribution in [0.15, 0.2) is 70.6 Å². The van der Waals surface area contributed by atoms with Gasteiger partial charge in [-0.15, -0.1) is 11.3 Å². The molecule has 0 spiro atoms. The molecule has 1 fully saturated rings. The molecular weight excluding hydrogens is 438 g/mol. The minimum atomic E-state index is 0.0232. The molecular formula is C25H23N3O2S2. The molecule has 5 nitrogen and oxygen atoms in total. The zero-order valence-corrected chi connectivity index (χ0v) is 19.4. The van der Waals surface area contributed by atoms with Crippen LogP contribution in [0.4, 0.5) is 5.69 Å². The van der Waals surface area contributed by atoms with E-state index in [-0.39, 0.29) is 11.5 Å². The number of thiophene rings is 1. The van der Waals surface area contributed by atoms with Gasteiger partial charge in [0.1, 0.15) is 4.70 Å². The second-order valence-corrected chi connectivity index (χ2v) is 9.73. The minimum absolute atomic E-state index is 0.0232. The highest BCUT2D eigenvalue weighted by Crippen LogP contribution is 2.32. The van der Waals surface area contributed by atoms with Crippen LogP contribution in [0.5, 0.6) is 0 Å². The fraction of sp³-hybridized carbons (Fsp3) is 0.240. The number of aromatic nitrogens is 2. The highest BCUT2D eigenvalue weighted by Gasteiger charge is 2.21. The van der Waals surface area contributed by atoms with Gasteiger partial charge in [0.2, 0.25) is 5.91 Å². The number of hydrogen-bond acceptors (Lipinski definition) is 5. The summed E-state index contributed by atoms with van der Waals surface area (Å²) in [5.74, 6) is 0.907. The van der Waals surface area contributed by atoms with Crippen molar-refractivity contribution in [3.8, 4) is 10.4 Å². The summed E-state index contributed by atoms with van der Waals surface area (Å²) >= 11 is 3.08. The molecule has 5 rings (SSSR count). The maximum Gasteiger partial charge on any atom is 0.272 e. The Morgan fingerprint density at radius 2 is 1.84 bits per heavy atom. The number of thioether (sulfide) groups is 1. The van der Waals surface area contributed by atoms with Gasteiger partial charge in [0.15, 0.2) is 5.16 Å². The molecule has 0 saturated carbocycles. The second kappa shape index (κ2) is 8.92. The van der Waals surface area contributed by atoms with Crippen molar-refractivity contribution in [2.24, 2.45) is 0 Å². The summed E-state index contributed by atoms with van der Waals surface area (Å²) in [7, 11) is 0. The average molecular weight is 462 g/mol. The van der Waals surface area contributed by atoms with Crippen LogP contribution in [-0.2, 0) is 17.1 Å². The summed E-state index contributed by atoms with van der Waals surface area (Å²) < 4.78 is 2.46. The van der Waals surface area contributed by atoms with Crippen LogP contribution in [0, 0.1) is 0 Å². The van der Waals surface area contributed by atoms with Crippen LogP contribution >= 0.6 is 23.1 Å². The Bertz CT molecular complexity index is 1330. The van der Waals surface area contributed by atoms with E-state index in [1.165, 1.54) is 11.3 Å². The van der Waals surface area contributed by atoms with Crippen LogP contribution in [0.25, 0.3) is 20.7 Å². The van der Waals surface area contributed by atoms with Gasteiger partial charge in [-0.25, -0.2) is 4.98 Å². The maximum absolute atomic E-state index is 13.1. The van der Waals surface area contributed by atoms with Crippen molar-refractivity contribution >= 4 is 44.9 Å². The Kier molecular flexibility index (Phi) is 5.85. The Hall–Kier alpha value is -2.90. The smallest absolute Gasteiger partial charge is 0.272 e. The number of rotatable bonds is 6. The molecule has 0 atom stereocenters. The molecule has 0 N–H and O–H groups in total. The third kappa shape index (κ3) is 3.98. The average Bonchev–Trinajstić information content (AvgIpc) is 3.45. The summed E-state index contributed by atoms with van der Waals surface area (Å²) in [6, 6.07) is 20.2. The standard InChI is InChI=1S/C25H23N3O2S2/c1-2-27-24(30)23-20(15-21(32-23)18-7-4-3-5-8-18)26-25(27)31-16-17-10-12-19(13-11-17)28-14-6-9-22(28)29/h3-5,7-8,10-13,15H,2,6,9,14,16H2,1H3. The Morgan fingerprint density at radius 3 is 2.53 bits per heavy atom. The molecule has 4 aromatic rings. The molecule has 3 heterocycles. The monoisotopic (exact) mass is 461 g/mol. The summed E-state index contributed by atoms with van der Waals surface area (Å²) in [6.07, 6.45) is 1.56. The van der Waals surface area contributed by atoms with Gasteiger partial charge in [-0.3, -0.25) is 14.2 Å². The molecule has 1 aliphatic rings. The highest BCUT2D eigenvalue weighted by atomic mass is 32.2. The molecule has 1 amide bonds. The van der Waals surface area contributed by atoms with Crippen LogP contribution in [0.2, 0.25) is 0 Å². The van der Waals surface area contributed by atoms with Gasteiger partial charge in [-0.2, -0.15) is 0 Å². The van der Waals surface area contributed by atoms with E-state index < -0.39 is 0 Å². The fourth-order valence-electron chi connectivity index (χ4n) is 3.97. The van der Waals surface area contributed by atoms with Crippen LogP contribution in [-0.4, -0.2) is 22.0 Å². The van der Waals surface area contributed by atoms with Crippen molar-refractivity contribution in [1.82, 2.24) is 9.55 Å². The number of carbonyl (C=O) groups is 1. The predicted octanol–water partition coefficient (Wildman–Crippen LogP) is 5.56. The lowest BCUT2D eigenvalue weighted by Gasteiger charge is -2.16.